The minimum Gasteiger partial charge on any atom is -0.327 e. The minimum atomic E-state index is -0.169. The summed E-state index contributed by atoms with van der Waals surface area (Å²) in [6.45, 7) is 4.38. The van der Waals surface area contributed by atoms with Gasteiger partial charge in [-0.3, -0.25) is 0 Å². The molecule has 0 aliphatic carbocycles. The van der Waals surface area contributed by atoms with Crippen LogP contribution in [0.3, 0.4) is 0 Å². The Balaban J connectivity index is 2.59. The first kappa shape index (κ1) is 14.2. The Kier molecular flexibility index (Phi) is 6.20. The van der Waals surface area contributed by atoms with Gasteiger partial charge in [0.05, 0.1) is 0 Å². The minimum absolute atomic E-state index is 0.150. The molecule has 0 fully saturated rings. The van der Waals surface area contributed by atoms with Crippen molar-refractivity contribution >= 4 is 0 Å². The van der Waals surface area contributed by atoms with E-state index in [1.165, 1.54) is 31.7 Å². The Bertz CT molecular complexity index is 318. The van der Waals surface area contributed by atoms with E-state index in [1.54, 1.807) is 12.1 Å². The fourth-order valence-corrected chi connectivity index (χ4v) is 2.42. The van der Waals surface area contributed by atoms with E-state index in [0.29, 0.717) is 5.92 Å². The van der Waals surface area contributed by atoms with Gasteiger partial charge in [-0.2, -0.15) is 0 Å². The van der Waals surface area contributed by atoms with Crippen LogP contribution in [0.5, 0.6) is 0 Å². The third-order valence-electron chi connectivity index (χ3n) is 3.28. The molecule has 1 rings (SSSR count). The molecule has 0 heterocycles. The molecular formula is C15H24FN. The summed E-state index contributed by atoms with van der Waals surface area (Å²) in [4.78, 5) is 0. The lowest BCUT2D eigenvalue weighted by Gasteiger charge is -2.23. The fraction of sp³-hybridized carbons (Fsp3) is 0.600. The summed E-state index contributed by atoms with van der Waals surface area (Å²) in [5.41, 5.74) is 7.26. The van der Waals surface area contributed by atoms with E-state index in [-0.39, 0.29) is 11.9 Å². The molecule has 0 aliphatic heterocycles. The van der Waals surface area contributed by atoms with Crippen LogP contribution in [0.4, 0.5) is 4.39 Å². The van der Waals surface area contributed by atoms with Crippen molar-refractivity contribution in [3.63, 3.8) is 0 Å². The molecular weight excluding hydrogens is 213 g/mol. The van der Waals surface area contributed by atoms with E-state index < -0.39 is 0 Å². The van der Waals surface area contributed by atoms with Gasteiger partial charge < -0.3 is 5.73 Å². The quantitative estimate of drug-likeness (QED) is 0.764. The van der Waals surface area contributed by atoms with Crippen LogP contribution in [-0.4, -0.2) is 6.04 Å². The van der Waals surface area contributed by atoms with Crippen LogP contribution >= 0.6 is 0 Å². The molecule has 0 saturated carbocycles. The lowest BCUT2D eigenvalue weighted by atomic mass is 9.87. The zero-order valence-electron chi connectivity index (χ0n) is 11.0. The predicted octanol–water partition coefficient (Wildman–Crippen LogP) is 3.91. The molecule has 1 unspecified atom stereocenters. The highest BCUT2D eigenvalue weighted by Crippen LogP contribution is 2.19. The highest BCUT2D eigenvalue weighted by atomic mass is 19.1. The molecule has 0 aliphatic rings. The maximum absolute atomic E-state index is 13.1. The molecule has 1 atom stereocenters. The number of rotatable bonds is 7. The summed E-state index contributed by atoms with van der Waals surface area (Å²) in [7, 11) is 0. The molecule has 0 bridgehead atoms. The summed E-state index contributed by atoms with van der Waals surface area (Å²) < 4.78 is 13.1. The number of hydrogen-bond acceptors (Lipinski definition) is 1. The third-order valence-corrected chi connectivity index (χ3v) is 3.28. The second kappa shape index (κ2) is 7.44. The zero-order chi connectivity index (χ0) is 12.7. The van der Waals surface area contributed by atoms with Crippen molar-refractivity contribution in [3.8, 4) is 0 Å². The van der Waals surface area contributed by atoms with Gasteiger partial charge in [0.1, 0.15) is 5.82 Å². The molecule has 17 heavy (non-hydrogen) atoms. The average molecular weight is 237 g/mol. The van der Waals surface area contributed by atoms with E-state index in [0.717, 1.165) is 12.0 Å². The first-order chi connectivity index (χ1) is 8.17. The highest BCUT2D eigenvalue weighted by Gasteiger charge is 2.16. The van der Waals surface area contributed by atoms with E-state index >= 15 is 0 Å². The number of nitrogens with two attached hydrogens (primary N) is 1. The van der Waals surface area contributed by atoms with Crippen molar-refractivity contribution in [2.24, 2.45) is 11.7 Å². The van der Waals surface area contributed by atoms with E-state index in [1.807, 2.05) is 6.07 Å². The molecule has 0 spiro atoms. The summed E-state index contributed by atoms with van der Waals surface area (Å²) in [5, 5.41) is 0. The van der Waals surface area contributed by atoms with Gasteiger partial charge in [-0.15, -0.1) is 0 Å². The van der Waals surface area contributed by atoms with Gasteiger partial charge in [0.2, 0.25) is 0 Å². The average Bonchev–Trinajstić information content (AvgIpc) is 2.28. The smallest absolute Gasteiger partial charge is 0.123 e. The fourth-order valence-electron chi connectivity index (χ4n) is 2.42. The topological polar surface area (TPSA) is 26.0 Å². The van der Waals surface area contributed by atoms with Gasteiger partial charge in [-0.1, -0.05) is 38.8 Å². The molecule has 96 valence electrons. The van der Waals surface area contributed by atoms with E-state index in [2.05, 4.69) is 13.8 Å². The van der Waals surface area contributed by atoms with Gasteiger partial charge in [0.15, 0.2) is 0 Å². The summed E-state index contributed by atoms with van der Waals surface area (Å²) in [6.07, 6.45) is 5.46. The molecule has 0 aromatic heterocycles. The van der Waals surface area contributed by atoms with Crippen molar-refractivity contribution in [1.29, 1.82) is 0 Å². The van der Waals surface area contributed by atoms with Gasteiger partial charge in [0, 0.05) is 6.04 Å². The van der Waals surface area contributed by atoms with Crippen molar-refractivity contribution in [2.75, 3.05) is 0 Å². The second-order valence-corrected chi connectivity index (χ2v) is 4.84. The monoisotopic (exact) mass is 237 g/mol. The third kappa shape index (κ3) is 4.86. The SMILES string of the molecule is CCCC(CCC)C(N)Cc1cccc(F)c1. The number of halogens is 1. The molecule has 2 heteroatoms. The maximum atomic E-state index is 13.1. The van der Waals surface area contributed by atoms with E-state index in [4.69, 9.17) is 5.73 Å². The standard InChI is InChI=1S/C15H24FN/c1-3-6-13(7-4-2)15(17)11-12-8-5-9-14(16)10-12/h5,8-10,13,15H,3-4,6-7,11,17H2,1-2H3. The van der Waals surface area contributed by atoms with Crippen LogP contribution in [0.1, 0.15) is 45.1 Å². The van der Waals surface area contributed by atoms with Gasteiger partial charge in [-0.05, 0) is 42.9 Å². The van der Waals surface area contributed by atoms with Crippen LogP contribution in [0, 0.1) is 11.7 Å². The van der Waals surface area contributed by atoms with Crippen LogP contribution in [0.2, 0.25) is 0 Å². The molecule has 1 nitrogen and oxygen atoms in total. The summed E-state index contributed by atoms with van der Waals surface area (Å²) in [5.74, 6) is 0.394. The first-order valence-corrected chi connectivity index (χ1v) is 6.67. The maximum Gasteiger partial charge on any atom is 0.123 e. The van der Waals surface area contributed by atoms with Gasteiger partial charge in [0.25, 0.3) is 0 Å². The van der Waals surface area contributed by atoms with Gasteiger partial charge in [-0.25, -0.2) is 4.39 Å². The normalized spacial score (nSPS) is 13.0. The van der Waals surface area contributed by atoms with E-state index in [9.17, 15) is 4.39 Å². The lowest BCUT2D eigenvalue weighted by molar-refractivity contribution is 0.359. The molecule has 0 amide bonds. The van der Waals surface area contributed by atoms with Crippen molar-refractivity contribution in [3.05, 3.63) is 35.6 Å². The summed E-state index contributed by atoms with van der Waals surface area (Å²) in [6, 6.07) is 6.93. The van der Waals surface area contributed by atoms with Gasteiger partial charge >= 0.3 is 0 Å². The lowest BCUT2D eigenvalue weighted by Crippen LogP contribution is -2.32. The Hall–Kier alpha value is -0.890. The van der Waals surface area contributed by atoms with Crippen molar-refractivity contribution < 1.29 is 4.39 Å². The largest absolute Gasteiger partial charge is 0.327 e. The van der Waals surface area contributed by atoms with Crippen LogP contribution in [-0.2, 0) is 6.42 Å². The Morgan fingerprint density at radius 1 is 1.18 bits per heavy atom. The van der Waals surface area contributed by atoms with Crippen molar-refractivity contribution in [1.82, 2.24) is 0 Å². The highest BCUT2D eigenvalue weighted by molar-refractivity contribution is 5.17. The number of hydrogen-bond donors (Lipinski definition) is 1. The predicted molar refractivity (Wildman–Crippen MR) is 71.4 cm³/mol. The second-order valence-electron chi connectivity index (χ2n) is 4.84. The molecule has 2 N–H and O–H groups in total. The first-order valence-electron chi connectivity index (χ1n) is 6.67. The Morgan fingerprint density at radius 2 is 1.82 bits per heavy atom. The molecule has 1 aromatic rings. The number of benzene rings is 1. The van der Waals surface area contributed by atoms with Crippen LogP contribution < -0.4 is 5.73 Å². The molecule has 0 radical (unpaired) electrons. The zero-order valence-corrected chi connectivity index (χ0v) is 11.0. The van der Waals surface area contributed by atoms with Crippen LogP contribution in [0.25, 0.3) is 0 Å². The van der Waals surface area contributed by atoms with Crippen molar-refractivity contribution in [2.45, 2.75) is 52.0 Å². The Labute approximate surface area is 104 Å². The van der Waals surface area contributed by atoms with Crippen LogP contribution in [0.15, 0.2) is 24.3 Å². The summed E-state index contributed by atoms with van der Waals surface area (Å²) >= 11 is 0. The Morgan fingerprint density at radius 3 is 2.35 bits per heavy atom. The molecule has 1 aromatic carbocycles. The molecule has 0 saturated heterocycles.